The molecule has 0 aliphatic carbocycles. The topological polar surface area (TPSA) is 44.1 Å². The number of ketones is 1. The molecule has 1 aromatic heterocycles. The number of aryl methyl sites for hydroxylation is 1. The Bertz CT molecular complexity index is 1490. The smallest absolute Gasteiger partial charge is 0.387 e. The van der Waals surface area contributed by atoms with E-state index in [1.165, 1.54) is 0 Å². The zero-order chi connectivity index (χ0) is 24.4. The largest absolute Gasteiger partial charge is 0.434 e. The second-order valence-electron chi connectivity index (χ2n) is 8.21. The molecule has 0 aliphatic heterocycles. The lowest BCUT2D eigenvalue weighted by Crippen LogP contribution is -2.08. The number of fused-ring (bicyclic) bond motifs is 1. The van der Waals surface area contributed by atoms with Crippen LogP contribution in [-0.2, 0) is 6.54 Å². The van der Waals surface area contributed by atoms with Crippen molar-refractivity contribution < 1.29 is 18.3 Å². The fourth-order valence-electron chi connectivity index (χ4n) is 4.21. The van der Waals surface area contributed by atoms with Gasteiger partial charge < -0.3 is 9.30 Å². The number of imidazole rings is 1. The van der Waals surface area contributed by atoms with E-state index in [0.29, 0.717) is 23.2 Å². The Balaban J connectivity index is 1.47. The second kappa shape index (κ2) is 9.50. The Hall–Kier alpha value is -4.32. The first-order valence-corrected chi connectivity index (χ1v) is 11.2. The summed E-state index contributed by atoms with van der Waals surface area (Å²) in [5.74, 6) is 0.900. The van der Waals surface area contributed by atoms with Crippen molar-refractivity contribution >= 4 is 16.8 Å². The van der Waals surface area contributed by atoms with Crippen molar-refractivity contribution in [1.82, 2.24) is 9.55 Å². The molecule has 0 saturated heterocycles. The van der Waals surface area contributed by atoms with Gasteiger partial charge in [0.25, 0.3) is 0 Å². The molecular weight excluding hydrogens is 446 g/mol. The molecule has 0 N–H and O–H groups in total. The maximum Gasteiger partial charge on any atom is 0.387 e. The molecule has 6 heteroatoms. The van der Waals surface area contributed by atoms with E-state index in [4.69, 9.17) is 4.74 Å². The molecule has 0 amide bonds. The van der Waals surface area contributed by atoms with Crippen molar-refractivity contribution in [3.8, 4) is 16.9 Å². The van der Waals surface area contributed by atoms with Crippen LogP contribution in [-0.4, -0.2) is 21.9 Å². The van der Waals surface area contributed by atoms with Crippen molar-refractivity contribution in [3.63, 3.8) is 0 Å². The van der Waals surface area contributed by atoms with Crippen LogP contribution in [0, 0.1) is 6.92 Å². The van der Waals surface area contributed by atoms with E-state index in [2.05, 4.69) is 4.98 Å². The normalized spacial score (nSPS) is 11.2. The minimum Gasteiger partial charge on any atom is -0.434 e. The third-order valence-electron chi connectivity index (χ3n) is 5.97. The Morgan fingerprint density at radius 1 is 0.857 bits per heavy atom. The third kappa shape index (κ3) is 4.68. The van der Waals surface area contributed by atoms with E-state index in [1.807, 2.05) is 72.2 Å². The van der Waals surface area contributed by atoms with E-state index in [9.17, 15) is 13.6 Å². The molecule has 0 spiro atoms. The summed E-state index contributed by atoms with van der Waals surface area (Å²) in [7, 11) is 0. The predicted octanol–water partition coefficient (Wildman–Crippen LogP) is 6.89. The van der Waals surface area contributed by atoms with Gasteiger partial charge in [0, 0.05) is 16.7 Å². The molecule has 5 rings (SSSR count). The molecule has 0 atom stereocenters. The van der Waals surface area contributed by atoms with Crippen LogP contribution in [0.2, 0.25) is 0 Å². The third-order valence-corrected chi connectivity index (χ3v) is 5.97. The second-order valence-corrected chi connectivity index (χ2v) is 8.21. The fraction of sp³-hybridized carbons (Fsp3) is 0.103. The minimum atomic E-state index is -2.89. The van der Waals surface area contributed by atoms with Gasteiger partial charge in [0.05, 0.1) is 17.6 Å². The Morgan fingerprint density at radius 2 is 1.51 bits per heavy atom. The van der Waals surface area contributed by atoms with E-state index in [1.54, 1.807) is 36.4 Å². The summed E-state index contributed by atoms with van der Waals surface area (Å²) < 4.78 is 32.4. The number of carbonyl (C=O) groups excluding carboxylic acids is 1. The zero-order valence-corrected chi connectivity index (χ0v) is 19.0. The maximum absolute atomic E-state index is 12.9. The van der Waals surface area contributed by atoms with Crippen LogP contribution in [0.1, 0.15) is 27.3 Å². The number of alkyl halides is 2. The van der Waals surface area contributed by atoms with Gasteiger partial charge in [0.1, 0.15) is 11.6 Å². The summed E-state index contributed by atoms with van der Waals surface area (Å²) in [6.07, 6.45) is 0. The van der Waals surface area contributed by atoms with Crippen LogP contribution >= 0.6 is 0 Å². The standard InChI is InChI=1S/C29H22F2N2O2/c1-19-32-25-16-15-23(20-11-13-22(14-12-20)28(34)21-7-3-2-4-8-21)17-26(25)33(19)18-24-9-5-6-10-27(24)35-29(30)31/h2-17,29H,18H2,1H3. The van der Waals surface area contributed by atoms with Gasteiger partial charge in [-0.15, -0.1) is 0 Å². The molecule has 0 aliphatic rings. The summed E-state index contributed by atoms with van der Waals surface area (Å²) in [6, 6.07) is 29.4. The van der Waals surface area contributed by atoms with Crippen LogP contribution in [0.5, 0.6) is 5.75 Å². The Kier molecular flexibility index (Phi) is 6.10. The first-order valence-electron chi connectivity index (χ1n) is 11.2. The van der Waals surface area contributed by atoms with Gasteiger partial charge in [-0.1, -0.05) is 78.9 Å². The van der Waals surface area contributed by atoms with Gasteiger partial charge in [-0.05, 0) is 36.2 Å². The number of benzene rings is 4. The fourth-order valence-corrected chi connectivity index (χ4v) is 4.21. The van der Waals surface area contributed by atoms with Gasteiger partial charge in [0.15, 0.2) is 5.78 Å². The predicted molar refractivity (Wildman–Crippen MR) is 132 cm³/mol. The molecule has 0 unspecified atom stereocenters. The summed E-state index contributed by atoms with van der Waals surface area (Å²) in [4.78, 5) is 17.4. The van der Waals surface area contributed by atoms with Crippen LogP contribution in [0.15, 0.2) is 97.1 Å². The van der Waals surface area contributed by atoms with Crippen molar-refractivity contribution in [3.05, 3.63) is 120 Å². The highest BCUT2D eigenvalue weighted by atomic mass is 19.3. The number of ether oxygens (including phenoxy) is 1. The Labute approximate surface area is 201 Å². The molecule has 5 aromatic rings. The molecule has 0 fully saturated rings. The van der Waals surface area contributed by atoms with Crippen molar-refractivity contribution in [2.45, 2.75) is 20.1 Å². The van der Waals surface area contributed by atoms with E-state index in [0.717, 1.165) is 28.0 Å². The van der Waals surface area contributed by atoms with E-state index in [-0.39, 0.29) is 11.5 Å². The first-order chi connectivity index (χ1) is 17.0. The highest BCUT2D eigenvalue weighted by molar-refractivity contribution is 6.09. The molecule has 174 valence electrons. The number of nitrogens with zero attached hydrogens (tertiary/aromatic N) is 2. The molecule has 4 aromatic carbocycles. The van der Waals surface area contributed by atoms with E-state index >= 15 is 0 Å². The van der Waals surface area contributed by atoms with Crippen molar-refractivity contribution in [1.29, 1.82) is 0 Å². The van der Waals surface area contributed by atoms with Gasteiger partial charge in [-0.2, -0.15) is 8.78 Å². The van der Waals surface area contributed by atoms with Gasteiger partial charge in [-0.25, -0.2) is 4.98 Å². The lowest BCUT2D eigenvalue weighted by Gasteiger charge is -2.13. The average molecular weight is 469 g/mol. The number of para-hydroxylation sites is 1. The minimum absolute atomic E-state index is 0.0222. The van der Waals surface area contributed by atoms with Crippen LogP contribution in [0.25, 0.3) is 22.2 Å². The molecule has 0 saturated carbocycles. The maximum atomic E-state index is 12.9. The van der Waals surface area contributed by atoms with E-state index < -0.39 is 6.61 Å². The summed E-state index contributed by atoms with van der Waals surface area (Å²) in [5, 5.41) is 0. The zero-order valence-electron chi connectivity index (χ0n) is 19.0. The number of carbonyl (C=O) groups is 1. The summed E-state index contributed by atoms with van der Waals surface area (Å²) in [6.45, 7) is -0.653. The monoisotopic (exact) mass is 468 g/mol. The van der Waals surface area contributed by atoms with Crippen LogP contribution in [0.3, 0.4) is 0 Å². The average Bonchev–Trinajstić information content (AvgIpc) is 3.19. The molecular formula is C29H22F2N2O2. The molecule has 1 heterocycles. The van der Waals surface area contributed by atoms with Crippen molar-refractivity contribution in [2.24, 2.45) is 0 Å². The molecule has 0 bridgehead atoms. The van der Waals surface area contributed by atoms with Crippen molar-refractivity contribution in [2.75, 3.05) is 0 Å². The van der Waals surface area contributed by atoms with Gasteiger partial charge in [-0.3, -0.25) is 4.79 Å². The van der Waals surface area contributed by atoms with Gasteiger partial charge in [0.2, 0.25) is 0 Å². The molecule has 4 nitrogen and oxygen atoms in total. The Morgan fingerprint density at radius 3 is 2.26 bits per heavy atom. The number of rotatable bonds is 7. The summed E-state index contributed by atoms with van der Waals surface area (Å²) >= 11 is 0. The summed E-state index contributed by atoms with van der Waals surface area (Å²) in [5.41, 5.74) is 5.54. The highest BCUT2D eigenvalue weighted by Crippen LogP contribution is 2.28. The quantitative estimate of drug-likeness (QED) is 0.244. The number of halogens is 2. The number of aromatic nitrogens is 2. The van der Waals surface area contributed by atoms with Gasteiger partial charge >= 0.3 is 6.61 Å². The van der Waals surface area contributed by atoms with Crippen LogP contribution < -0.4 is 4.74 Å². The number of hydrogen-bond acceptors (Lipinski definition) is 3. The molecule has 0 radical (unpaired) electrons. The highest BCUT2D eigenvalue weighted by Gasteiger charge is 2.14. The number of hydrogen-bond donors (Lipinski definition) is 0. The molecule has 35 heavy (non-hydrogen) atoms. The lowest BCUT2D eigenvalue weighted by molar-refractivity contribution is -0.0504. The van der Waals surface area contributed by atoms with Crippen LogP contribution in [0.4, 0.5) is 8.78 Å². The SMILES string of the molecule is Cc1nc2ccc(-c3ccc(C(=O)c4ccccc4)cc3)cc2n1Cc1ccccc1OC(F)F. The lowest BCUT2D eigenvalue weighted by atomic mass is 9.99. The first kappa shape index (κ1) is 22.5.